The molecule has 0 aliphatic carbocycles. The van der Waals surface area contributed by atoms with Gasteiger partial charge in [0.15, 0.2) is 5.75 Å². The maximum Gasteiger partial charge on any atom is 0.304 e. The van der Waals surface area contributed by atoms with Crippen molar-refractivity contribution in [2.24, 2.45) is 5.84 Å². The van der Waals surface area contributed by atoms with Gasteiger partial charge >= 0.3 is 5.91 Å². The Balaban J connectivity index is 2.30. The Morgan fingerprint density at radius 2 is 1.90 bits per heavy atom. The Labute approximate surface area is 121 Å². The number of hydrazine groups is 1. The number of nitrogens with two attached hydrogens (primary N) is 1. The zero-order valence-electron chi connectivity index (χ0n) is 11.4. The van der Waals surface area contributed by atoms with Gasteiger partial charge in [0.1, 0.15) is 5.58 Å². The second kappa shape index (κ2) is 5.30. The second-order valence-electron chi connectivity index (χ2n) is 4.49. The van der Waals surface area contributed by atoms with E-state index < -0.39 is 5.91 Å². The maximum absolute atomic E-state index is 11.8. The van der Waals surface area contributed by atoms with Crippen LogP contribution in [-0.2, 0) is 0 Å². The third kappa shape index (κ3) is 2.13. The molecule has 2 aromatic carbocycles. The van der Waals surface area contributed by atoms with Crippen molar-refractivity contribution in [1.82, 2.24) is 5.43 Å². The number of hydrogen-bond donors (Lipinski definition) is 2. The van der Waals surface area contributed by atoms with E-state index >= 15 is 0 Å². The molecular weight excluding hydrogens is 268 g/mol. The van der Waals surface area contributed by atoms with Crippen LogP contribution in [0.15, 0.2) is 52.9 Å². The lowest BCUT2D eigenvalue weighted by Crippen LogP contribution is -2.29. The van der Waals surface area contributed by atoms with Crippen LogP contribution in [-0.4, -0.2) is 13.0 Å². The number of hydrogen-bond acceptors (Lipinski definition) is 4. The van der Waals surface area contributed by atoms with Crippen molar-refractivity contribution in [2.45, 2.75) is 0 Å². The lowest BCUT2D eigenvalue weighted by Gasteiger charge is -2.02. The second-order valence-corrected chi connectivity index (χ2v) is 4.49. The molecule has 5 heteroatoms. The van der Waals surface area contributed by atoms with Crippen molar-refractivity contribution < 1.29 is 13.9 Å². The third-order valence-corrected chi connectivity index (χ3v) is 3.30. The highest BCUT2D eigenvalue weighted by molar-refractivity contribution is 6.04. The van der Waals surface area contributed by atoms with Crippen molar-refractivity contribution in [3.8, 4) is 16.9 Å². The molecule has 0 unspecified atom stereocenters. The van der Waals surface area contributed by atoms with E-state index in [9.17, 15) is 4.79 Å². The molecule has 3 aromatic rings. The Kier molecular flexibility index (Phi) is 3.33. The molecule has 21 heavy (non-hydrogen) atoms. The Morgan fingerprint density at radius 3 is 2.57 bits per heavy atom. The highest BCUT2D eigenvalue weighted by Gasteiger charge is 2.22. The molecule has 3 N–H and O–H groups in total. The number of ether oxygens (including phenoxy) is 1. The Morgan fingerprint density at radius 1 is 1.14 bits per heavy atom. The van der Waals surface area contributed by atoms with Crippen LogP contribution in [0.5, 0.6) is 5.75 Å². The number of rotatable bonds is 3. The van der Waals surface area contributed by atoms with Crippen LogP contribution in [0.3, 0.4) is 0 Å². The zero-order valence-corrected chi connectivity index (χ0v) is 11.4. The van der Waals surface area contributed by atoms with Gasteiger partial charge in [0.05, 0.1) is 12.5 Å². The van der Waals surface area contributed by atoms with Gasteiger partial charge in [0.2, 0.25) is 5.76 Å². The molecule has 1 amide bonds. The molecule has 0 saturated heterocycles. The smallest absolute Gasteiger partial charge is 0.304 e. The molecule has 0 bridgehead atoms. The van der Waals surface area contributed by atoms with E-state index in [2.05, 4.69) is 5.43 Å². The summed E-state index contributed by atoms with van der Waals surface area (Å²) in [5.41, 5.74) is 4.55. The number of nitrogen functional groups attached to an aromatic ring is 1. The summed E-state index contributed by atoms with van der Waals surface area (Å²) in [6.07, 6.45) is 0. The normalized spacial score (nSPS) is 10.6. The Bertz CT molecular complexity index is 794. The number of nitrogens with one attached hydrogen (secondary N) is 1. The Hall–Kier alpha value is -2.79. The molecule has 5 nitrogen and oxygen atoms in total. The molecule has 0 atom stereocenters. The highest BCUT2D eigenvalue weighted by Crippen LogP contribution is 2.38. The third-order valence-electron chi connectivity index (χ3n) is 3.30. The number of carbonyl (C=O) groups excluding carboxylic acids is 1. The molecule has 0 spiro atoms. The van der Waals surface area contributed by atoms with E-state index in [0.717, 1.165) is 16.5 Å². The van der Waals surface area contributed by atoms with Crippen LogP contribution < -0.4 is 16.0 Å². The first kappa shape index (κ1) is 13.2. The standard InChI is InChI=1S/C16H14N2O3/c1-20-14-12-9-5-8-11(10-6-3-2-4-7-10)13(12)21-15(14)16(19)18-17/h2-9H,17H2,1H3,(H,18,19). The molecule has 0 aliphatic heterocycles. The summed E-state index contributed by atoms with van der Waals surface area (Å²) in [6.45, 7) is 0. The minimum absolute atomic E-state index is 0.0679. The predicted octanol–water partition coefficient (Wildman–Crippen LogP) is 2.71. The maximum atomic E-state index is 11.8. The van der Waals surface area contributed by atoms with Gasteiger partial charge in [-0.2, -0.15) is 0 Å². The monoisotopic (exact) mass is 282 g/mol. The summed E-state index contributed by atoms with van der Waals surface area (Å²) in [5.74, 6) is 5.11. The summed E-state index contributed by atoms with van der Waals surface area (Å²) in [6, 6.07) is 15.5. The van der Waals surface area contributed by atoms with Gasteiger partial charge in [0, 0.05) is 5.56 Å². The molecule has 1 heterocycles. The average molecular weight is 282 g/mol. The molecule has 0 aliphatic rings. The first-order chi connectivity index (χ1) is 10.3. The summed E-state index contributed by atoms with van der Waals surface area (Å²) >= 11 is 0. The molecule has 0 saturated carbocycles. The lowest BCUT2D eigenvalue weighted by molar-refractivity contribution is 0.0924. The van der Waals surface area contributed by atoms with Gasteiger partial charge < -0.3 is 9.15 Å². The number of methoxy groups -OCH3 is 1. The lowest BCUT2D eigenvalue weighted by atomic mass is 10.0. The van der Waals surface area contributed by atoms with Crippen molar-refractivity contribution in [3.05, 3.63) is 54.3 Å². The van der Waals surface area contributed by atoms with E-state index in [1.165, 1.54) is 7.11 Å². The fourth-order valence-corrected chi connectivity index (χ4v) is 2.36. The van der Waals surface area contributed by atoms with Gasteiger partial charge in [-0.15, -0.1) is 0 Å². The van der Waals surface area contributed by atoms with E-state index in [-0.39, 0.29) is 5.76 Å². The van der Waals surface area contributed by atoms with Crippen LogP contribution in [0, 0.1) is 0 Å². The SMILES string of the molecule is COc1c(C(=O)NN)oc2c(-c3ccccc3)cccc12. The highest BCUT2D eigenvalue weighted by atomic mass is 16.5. The van der Waals surface area contributed by atoms with E-state index in [0.29, 0.717) is 11.3 Å². The van der Waals surface area contributed by atoms with E-state index in [1.54, 1.807) is 0 Å². The zero-order chi connectivity index (χ0) is 14.8. The first-order valence-corrected chi connectivity index (χ1v) is 6.42. The number of benzene rings is 2. The minimum atomic E-state index is -0.526. The largest absolute Gasteiger partial charge is 0.492 e. The quantitative estimate of drug-likeness (QED) is 0.440. The van der Waals surface area contributed by atoms with Gasteiger partial charge in [-0.1, -0.05) is 42.5 Å². The van der Waals surface area contributed by atoms with Crippen LogP contribution in [0.2, 0.25) is 0 Å². The summed E-state index contributed by atoms with van der Waals surface area (Å²) in [4.78, 5) is 11.8. The summed E-state index contributed by atoms with van der Waals surface area (Å²) in [7, 11) is 1.49. The number of furan rings is 1. The van der Waals surface area contributed by atoms with Crippen LogP contribution in [0.4, 0.5) is 0 Å². The van der Waals surface area contributed by atoms with Crippen molar-refractivity contribution in [2.75, 3.05) is 7.11 Å². The van der Waals surface area contributed by atoms with Crippen LogP contribution in [0.1, 0.15) is 10.6 Å². The van der Waals surface area contributed by atoms with Gasteiger partial charge in [-0.3, -0.25) is 10.2 Å². The van der Waals surface area contributed by atoms with Crippen LogP contribution >= 0.6 is 0 Å². The number of carbonyl (C=O) groups is 1. The van der Waals surface area contributed by atoms with Gasteiger partial charge in [-0.25, -0.2) is 5.84 Å². The van der Waals surface area contributed by atoms with Gasteiger partial charge in [0.25, 0.3) is 0 Å². The summed E-state index contributed by atoms with van der Waals surface area (Å²) < 4.78 is 11.0. The number of amides is 1. The van der Waals surface area contributed by atoms with E-state index in [1.807, 2.05) is 48.5 Å². The predicted molar refractivity (Wildman–Crippen MR) is 79.9 cm³/mol. The van der Waals surface area contributed by atoms with Crippen LogP contribution in [0.25, 0.3) is 22.1 Å². The molecule has 0 fully saturated rings. The molecule has 106 valence electrons. The van der Waals surface area contributed by atoms with Gasteiger partial charge in [-0.05, 0) is 11.6 Å². The fraction of sp³-hybridized carbons (Fsp3) is 0.0625. The minimum Gasteiger partial charge on any atom is -0.492 e. The summed E-state index contributed by atoms with van der Waals surface area (Å²) in [5, 5.41) is 0.734. The fourth-order valence-electron chi connectivity index (χ4n) is 2.36. The van der Waals surface area contributed by atoms with Crippen molar-refractivity contribution >= 4 is 16.9 Å². The molecular formula is C16H14N2O3. The average Bonchev–Trinajstić information content (AvgIpc) is 2.93. The van der Waals surface area contributed by atoms with E-state index in [4.69, 9.17) is 15.0 Å². The number of fused-ring (bicyclic) bond motifs is 1. The topological polar surface area (TPSA) is 77.5 Å². The number of para-hydroxylation sites is 1. The van der Waals surface area contributed by atoms with Crippen molar-refractivity contribution in [3.63, 3.8) is 0 Å². The molecule has 3 rings (SSSR count). The first-order valence-electron chi connectivity index (χ1n) is 6.42. The molecule has 0 radical (unpaired) electrons. The van der Waals surface area contributed by atoms with Crippen molar-refractivity contribution in [1.29, 1.82) is 0 Å². The molecule has 1 aromatic heterocycles.